The minimum absolute atomic E-state index is 0.00791. The average molecular weight is 355 g/mol. The zero-order chi connectivity index (χ0) is 19.1. The zero-order valence-corrected chi connectivity index (χ0v) is 15.0. The van der Waals surface area contributed by atoms with Crippen molar-refractivity contribution in [3.05, 3.63) is 52.6 Å². The van der Waals surface area contributed by atoms with E-state index < -0.39 is 4.92 Å². The molecule has 0 aliphatic heterocycles. The number of anilines is 2. The van der Waals surface area contributed by atoms with Gasteiger partial charge in [-0.1, -0.05) is 0 Å². The van der Waals surface area contributed by atoms with Gasteiger partial charge in [-0.15, -0.1) is 5.11 Å². The van der Waals surface area contributed by atoms with Gasteiger partial charge in [0.2, 0.25) is 5.91 Å². The predicted molar refractivity (Wildman–Crippen MR) is 102 cm³/mol. The Labute approximate surface area is 151 Å². The quantitative estimate of drug-likeness (QED) is 0.437. The molecule has 26 heavy (non-hydrogen) atoms. The van der Waals surface area contributed by atoms with E-state index in [1.807, 2.05) is 12.1 Å². The number of nitrogens with one attached hydrogen (secondary N) is 1. The maximum Gasteiger partial charge on any atom is 0.269 e. The summed E-state index contributed by atoms with van der Waals surface area (Å²) in [6.45, 7) is 7.24. The Morgan fingerprint density at radius 1 is 1.12 bits per heavy atom. The van der Waals surface area contributed by atoms with Crippen LogP contribution in [0, 0.1) is 10.1 Å². The molecule has 0 radical (unpaired) electrons. The second-order valence-electron chi connectivity index (χ2n) is 5.53. The van der Waals surface area contributed by atoms with Crippen molar-refractivity contribution in [2.45, 2.75) is 20.8 Å². The first-order valence-corrected chi connectivity index (χ1v) is 8.27. The van der Waals surface area contributed by atoms with E-state index in [2.05, 4.69) is 34.3 Å². The summed E-state index contributed by atoms with van der Waals surface area (Å²) in [5.41, 5.74) is 2.53. The second kappa shape index (κ2) is 8.70. The summed E-state index contributed by atoms with van der Waals surface area (Å²) in [6.07, 6.45) is 0. The molecule has 0 spiro atoms. The van der Waals surface area contributed by atoms with Crippen LogP contribution >= 0.6 is 0 Å². The normalized spacial score (nSPS) is 10.7. The van der Waals surface area contributed by atoms with Crippen LogP contribution in [-0.4, -0.2) is 23.9 Å². The Balaban J connectivity index is 2.31. The van der Waals surface area contributed by atoms with Crippen LogP contribution in [0.5, 0.6) is 0 Å². The lowest BCUT2D eigenvalue weighted by molar-refractivity contribution is -0.384. The molecule has 0 bridgehead atoms. The van der Waals surface area contributed by atoms with Crippen LogP contribution in [0.15, 0.2) is 52.7 Å². The third kappa shape index (κ3) is 4.85. The third-order valence-corrected chi connectivity index (χ3v) is 3.75. The number of carbonyl (C=O) groups is 1. The van der Waals surface area contributed by atoms with E-state index >= 15 is 0 Å². The second-order valence-corrected chi connectivity index (χ2v) is 5.53. The number of hydrogen-bond acceptors (Lipinski definition) is 6. The molecule has 0 aliphatic carbocycles. The van der Waals surface area contributed by atoms with Gasteiger partial charge in [0.05, 0.1) is 16.3 Å². The van der Waals surface area contributed by atoms with Crippen LogP contribution in [0.4, 0.5) is 28.4 Å². The van der Waals surface area contributed by atoms with Gasteiger partial charge in [0.1, 0.15) is 5.69 Å². The molecular weight excluding hydrogens is 334 g/mol. The van der Waals surface area contributed by atoms with Crippen LogP contribution in [0.3, 0.4) is 0 Å². The van der Waals surface area contributed by atoms with Crippen molar-refractivity contribution in [1.82, 2.24) is 0 Å². The minimum atomic E-state index is -0.470. The predicted octanol–water partition coefficient (Wildman–Crippen LogP) is 4.81. The number of carbonyl (C=O) groups excluding carboxylic acids is 1. The maximum absolute atomic E-state index is 11.5. The molecule has 0 saturated heterocycles. The first kappa shape index (κ1) is 19.0. The third-order valence-electron chi connectivity index (χ3n) is 3.75. The van der Waals surface area contributed by atoms with Crippen molar-refractivity contribution in [3.8, 4) is 0 Å². The van der Waals surface area contributed by atoms with Gasteiger partial charge in [0, 0.05) is 37.8 Å². The fourth-order valence-corrected chi connectivity index (χ4v) is 2.44. The highest BCUT2D eigenvalue weighted by Crippen LogP contribution is 2.31. The Bertz CT molecular complexity index is 814. The maximum atomic E-state index is 11.5. The van der Waals surface area contributed by atoms with E-state index in [4.69, 9.17) is 0 Å². The van der Waals surface area contributed by atoms with Crippen LogP contribution in [0.25, 0.3) is 0 Å². The molecule has 0 fully saturated rings. The van der Waals surface area contributed by atoms with Crippen LogP contribution in [-0.2, 0) is 4.79 Å². The monoisotopic (exact) mass is 355 g/mol. The molecule has 0 saturated carbocycles. The summed E-state index contributed by atoms with van der Waals surface area (Å²) in [4.78, 5) is 23.9. The van der Waals surface area contributed by atoms with Crippen LogP contribution < -0.4 is 10.2 Å². The number of nitro benzene ring substituents is 1. The summed E-state index contributed by atoms with van der Waals surface area (Å²) >= 11 is 0. The fraction of sp³-hybridized carbons (Fsp3) is 0.278. The summed E-state index contributed by atoms with van der Waals surface area (Å²) in [7, 11) is 0. The molecule has 0 aromatic heterocycles. The van der Waals surface area contributed by atoms with E-state index in [0.29, 0.717) is 17.1 Å². The number of amides is 1. The lowest BCUT2D eigenvalue weighted by atomic mass is 10.2. The molecular formula is C18H21N5O3. The first-order valence-electron chi connectivity index (χ1n) is 8.27. The summed E-state index contributed by atoms with van der Waals surface area (Å²) < 4.78 is 0. The van der Waals surface area contributed by atoms with Gasteiger partial charge in [-0.3, -0.25) is 14.9 Å². The number of nitro groups is 1. The number of hydrogen-bond donors (Lipinski definition) is 1. The Morgan fingerprint density at radius 3 is 2.31 bits per heavy atom. The number of azo groups is 1. The highest BCUT2D eigenvalue weighted by Gasteiger charge is 2.09. The van der Waals surface area contributed by atoms with Gasteiger partial charge < -0.3 is 10.2 Å². The van der Waals surface area contributed by atoms with Crippen LogP contribution in [0.1, 0.15) is 20.8 Å². The molecule has 8 nitrogen and oxygen atoms in total. The van der Waals surface area contributed by atoms with Crippen molar-refractivity contribution in [1.29, 1.82) is 0 Å². The highest BCUT2D eigenvalue weighted by atomic mass is 16.6. The molecule has 0 heterocycles. The van der Waals surface area contributed by atoms with E-state index in [1.54, 1.807) is 6.07 Å². The molecule has 2 aromatic carbocycles. The van der Waals surface area contributed by atoms with Gasteiger partial charge in [-0.25, -0.2) is 0 Å². The molecule has 8 heteroatoms. The standard InChI is InChI=1S/C18H21N5O3/c1-4-22(5-2)16-10-11-17(18(12-16)19-13(3)24)21-20-14-6-8-15(9-7-14)23(25)26/h6-12H,4-5H2,1-3H3,(H,19,24). The summed E-state index contributed by atoms with van der Waals surface area (Å²) in [5.74, 6) is -0.200. The Morgan fingerprint density at radius 2 is 1.77 bits per heavy atom. The lowest BCUT2D eigenvalue weighted by Crippen LogP contribution is -2.21. The molecule has 0 unspecified atom stereocenters. The first-order chi connectivity index (χ1) is 12.4. The largest absolute Gasteiger partial charge is 0.372 e. The van der Waals surface area contributed by atoms with Gasteiger partial charge in [0.15, 0.2) is 0 Å². The summed E-state index contributed by atoms with van der Waals surface area (Å²) in [6, 6.07) is 11.3. The molecule has 0 atom stereocenters. The number of non-ortho nitro benzene ring substituents is 1. The fourth-order valence-electron chi connectivity index (χ4n) is 2.44. The molecule has 2 aromatic rings. The van der Waals surface area contributed by atoms with Crippen molar-refractivity contribution in [2.75, 3.05) is 23.3 Å². The SMILES string of the molecule is CCN(CC)c1ccc(N=Nc2ccc([N+](=O)[O-])cc2)c(NC(C)=O)c1. The summed E-state index contributed by atoms with van der Waals surface area (Å²) in [5, 5.41) is 21.7. The molecule has 136 valence electrons. The smallest absolute Gasteiger partial charge is 0.269 e. The van der Waals surface area contributed by atoms with Crippen molar-refractivity contribution in [2.24, 2.45) is 10.2 Å². The number of nitrogens with zero attached hydrogens (tertiary/aromatic N) is 4. The number of benzene rings is 2. The van der Waals surface area contributed by atoms with Crippen LogP contribution in [0.2, 0.25) is 0 Å². The van der Waals surface area contributed by atoms with E-state index in [0.717, 1.165) is 18.8 Å². The van der Waals surface area contributed by atoms with Gasteiger partial charge in [-0.2, -0.15) is 5.11 Å². The van der Waals surface area contributed by atoms with E-state index in [-0.39, 0.29) is 11.6 Å². The topological polar surface area (TPSA) is 100 Å². The zero-order valence-electron chi connectivity index (χ0n) is 15.0. The van der Waals surface area contributed by atoms with Crippen molar-refractivity contribution in [3.63, 3.8) is 0 Å². The lowest BCUT2D eigenvalue weighted by Gasteiger charge is -2.22. The molecule has 2 rings (SSSR count). The number of rotatable bonds is 7. The molecule has 1 N–H and O–H groups in total. The van der Waals surface area contributed by atoms with Crippen molar-refractivity contribution < 1.29 is 9.72 Å². The van der Waals surface area contributed by atoms with Gasteiger partial charge in [0.25, 0.3) is 5.69 Å². The van der Waals surface area contributed by atoms with Crippen molar-refractivity contribution >= 4 is 34.3 Å². The van der Waals surface area contributed by atoms with E-state index in [9.17, 15) is 14.9 Å². The average Bonchev–Trinajstić information content (AvgIpc) is 2.62. The minimum Gasteiger partial charge on any atom is -0.372 e. The van der Waals surface area contributed by atoms with Gasteiger partial charge in [-0.05, 0) is 44.2 Å². The van der Waals surface area contributed by atoms with E-state index in [1.165, 1.54) is 31.2 Å². The highest BCUT2D eigenvalue weighted by molar-refractivity contribution is 5.93. The molecule has 1 amide bonds. The Hall–Kier alpha value is -3.29. The van der Waals surface area contributed by atoms with Gasteiger partial charge >= 0.3 is 0 Å². The Kier molecular flexibility index (Phi) is 6.37. The molecule has 0 aliphatic rings.